The van der Waals surface area contributed by atoms with E-state index in [4.69, 9.17) is 5.73 Å². The summed E-state index contributed by atoms with van der Waals surface area (Å²) in [6, 6.07) is 6.48. The second kappa shape index (κ2) is 6.20. The van der Waals surface area contributed by atoms with Crippen LogP contribution in [0.4, 0.5) is 0 Å². The molecule has 2 rings (SSSR count). The molecule has 1 unspecified atom stereocenters. The van der Waals surface area contributed by atoms with Crippen LogP contribution in [0.2, 0.25) is 0 Å². The Morgan fingerprint density at radius 3 is 2.32 bits per heavy atom. The van der Waals surface area contributed by atoms with Crippen molar-refractivity contribution in [3.8, 4) is 0 Å². The predicted molar refractivity (Wildman–Crippen MR) is 78.0 cm³/mol. The third kappa shape index (κ3) is 3.57. The van der Waals surface area contributed by atoms with E-state index < -0.39 is 0 Å². The van der Waals surface area contributed by atoms with Crippen molar-refractivity contribution in [2.45, 2.75) is 33.1 Å². The van der Waals surface area contributed by atoms with Gasteiger partial charge in [0, 0.05) is 19.6 Å². The number of rotatable bonds is 4. The number of nitrogens with zero attached hydrogens (tertiary/aromatic N) is 1. The minimum absolute atomic E-state index is 0.0701. The largest absolute Gasteiger partial charge is 0.342 e. The van der Waals surface area contributed by atoms with Gasteiger partial charge in [-0.2, -0.15) is 0 Å². The Morgan fingerprint density at radius 1 is 1.21 bits per heavy atom. The maximum Gasteiger partial charge on any atom is 0.227 e. The number of benzene rings is 1. The Labute approximate surface area is 115 Å². The van der Waals surface area contributed by atoms with Crippen molar-refractivity contribution in [1.29, 1.82) is 0 Å². The lowest BCUT2D eigenvalue weighted by Crippen LogP contribution is -2.38. The first-order valence-corrected chi connectivity index (χ1v) is 7.16. The summed E-state index contributed by atoms with van der Waals surface area (Å²) in [5.41, 5.74) is 9.54. The number of aryl methyl sites for hydroxylation is 2. The van der Waals surface area contributed by atoms with Gasteiger partial charge in [-0.25, -0.2) is 0 Å². The van der Waals surface area contributed by atoms with Crippen LogP contribution >= 0.6 is 0 Å². The SMILES string of the molecule is Cc1cc(C)cc(CC(CN)C(=O)N2CCCC2)c1. The molecule has 1 saturated heterocycles. The lowest BCUT2D eigenvalue weighted by Gasteiger charge is -2.22. The molecule has 1 fully saturated rings. The van der Waals surface area contributed by atoms with Gasteiger partial charge < -0.3 is 10.6 Å². The topological polar surface area (TPSA) is 46.3 Å². The Hall–Kier alpha value is -1.35. The van der Waals surface area contributed by atoms with E-state index in [0.717, 1.165) is 32.4 Å². The maximum absolute atomic E-state index is 12.4. The van der Waals surface area contributed by atoms with Gasteiger partial charge in [0.15, 0.2) is 0 Å². The van der Waals surface area contributed by atoms with Gasteiger partial charge in [-0.15, -0.1) is 0 Å². The van der Waals surface area contributed by atoms with Crippen LogP contribution in [0.25, 0.3) is 0 Å². The summed E-state index contributed by atoms with van der Waals surface area (Å²) in [5, 5.41) is 0. The summed E-state index contributed by atoms with van der Waals surface area (Å²) in [6.45, 7) is 6.43. The van der Waals surface area contributed by atoms with Gasteiger partial charge in [0.1, 0.15) is 0 Å². The fraction of sp³-hybridized carbons (Fsp3) is 0.562. The number of likely N-dealkylation sites (tertiary alicyclic amines) is 1. The van der Waals surface area contributed by atoms with Crippen molar-refractivity contribution in [3.63, 3.8) is 0 Å². The van der Waals surface area contributed by atoms with Crippen molar-refractivity contribution in [2.75, 3.05) is 19.6 Å². The normalized spacial score (nSPS) is 16.7. The number of hydrogen-bond donors (Lipinski definition) is 1. The summed E-state index contributed by atoms with van der Waals surface area (Å²) < 4.78 is 0. The van der Waals surface area contributed by atoms with Crippen molar-refractivity contribution >= 4 is 5.91 Å². The van der Waals surface area contributed by atoms with E-state index in [1.165, 1.54) is 16.7 Å². The van der Waals surface area contributed by atoms with Crippen LogP contribution in [0, 0.1) is 19.8 Å². The number of nitrogens with two attached hydrogens (primary N) is 1. The summed E-state index contributed by atoms with van der Waals surface area (Å²) in [6.07, 6.45) is 3.02. The van der Waals surface area contributed by atoms with Crippen molar-refractivity contribution in [1.82, 2.24) is 4.90 Å². The van der Waals surface area contributed by atoms with Crippen LogP contribution < -0.4 is 5.73 Å². The molecule has 0 spiro atoms. The molecule has 0 aliphatic carbocycles. The molecule has 3 heteroatoms. The van der Waals surface area contributed by atoms with Crippen LogP contribution in [-0.2, 0) is 11.2 Å². The zero-order valence-corrected chi connectivity index (χ0v) is 12.0. The Kier molecular flexibility index (Phi) is 4.59. The molecule has 1 atom stereocenters. The van der Waals surface area contributed by atoms with Gasteiger partial charge in [-0.05, 0) is 38.7 Å². The second-order valence-corrected chi connectivity index (χ2v) is 5.67. The number of hydrogen-bond acceptors (Lipinski definition) is 2. The minimum Gasteiger partial charge on any atom is -0.342 e. The molecular weight excluding hydrogens is 236 g/mol. The van der Waals surface area contributed by atoms with Gasteiger partial charge in [0.05, 0.1) is 5.92 Å². The number of amides is 1. The molecule has 1 heterocycles. The van der Waals surface area contributed by atoms with Crippen LogP contribution in [-0.4, -0.2) is 30.4 Å². The minimum atomic E-state index is -0.0701. The lowest BCUT2D eigenvalue weighted by atomic mass is 9.95. The van der Waals surface area contributed by atoms with Crippen LogP contribution in [0.3, 0.4) is 0 Å². The highest BCUT2D eigenvalue weighted by Gasteiger charge is 2.25. The monoisotopic (exact) mass is 260 g/mol. The molecule has 1 amide bonds. The predicted octanol–water partition coefficient (Wildman–Crippen LogP) is 2.04. The van der Waals surface area contributed by atoms with Gasteiger partial charge >= 0.3 is 0 Å². The zero-order valence-electron chi connectivity index (χ0n) is 12.0. The molecule has 19 heavy (non-hydrogen) atoms. The molecule has 1 aromatic rings. The van der Waals surface area contributed by atoms with Gasteiger partial charge in [-0.1, -0.05) is 29.3 Å². The average molecular weight is 260 g/mol. The highest BCUT2D eigenvalue weighted by molar-refractivity contribution is 5.79. The zero-order chi connectivity index (χ0) is 13.8. The molecule has 104 valence electrons. The lowest BCUT2D eigenvalue weighted by molar-refractivity contribution is -0.134. The Balaban J connectivity index is 2.07. The first-order valence-electron chi connectivity index (χ1n) is 7.16. The first-order chi connectivity index (χ1) is 9.10. The van der Waals surface area contributed by atoms with E-state index in [1.54, 1.807) is 0 Å². The summed E-state index contributed by atoms with van der Waals surface area (Å²) in [5.74, 6) is 0.165. The third-order valence-electron chi connectivity index (χ3n) is 3.82. The molecule has 1 aliphatic heterocycles. The third-order valence-corrected chi connectivity index (χ3v) is 3.82. The average Bonchev–Trinajstić information content (AvgIpc) is 2.87. The summed E-state index contributed by atoms with van der Waals surface area (Å²) in [4.78, 5) is 14.4. The molecular formula is C16H24N2O. The van der Waals surface area contributed by atoms with Gasteiger partial charge in [-0.3, -0.25) is 4.79 Å². The first kappa shape index (κ1) is 14.1. The molecule has 1 aromatic carbocycles. The Bertz CT molecular complexity index is 430. The van der Waals surface area contributed by atoms with Gasteiger partial charge in [0.25, 0.3) is 0 Å². The van der Waals surface area contributed by atoms with E-state index in [1.807, 2.05) is 4.90 Å². The smallest absolute Gasteiger partial charge is 0.227 e. The molecule has 1 aliphatic rings. The van der Waals surface area contributed by atoms with E-state index in [9.17, 15) is 4.79 Å². The van der Waals surface area contributed by atoms with Crippen LogP contribution in [0.15, 0.2) is 18.2 Å². The molecule has 0 radical (unpaired) electrons. The molecule has 0 aromatic heterocycles. The molecule has 0 bridgehead atoms. The number of carbonyl (C=O) groups excluding carboxylic acids is 1. The van der Waals surface area contributed by atoms with Crippen molar-refractivity contribution < 1.29 is 4.79 Å². The molecule has 2 N–H and O–H groups in total. The summed E-state index contributed by atoms with van der Waals surface area (Å²) in [7, 11) is 0. The standard InChI is InChI=1S/C16H24N2O/c1-12-7-13(2)9-14(8-12)10-15(11-17)16(19)18-5-3-4-6-18/h7-9,15H,3-6,10-11,17H2,1-2H3. The van der Waals surface area contributed by atoms with Gasteiger partial charge in [0.2, 0.25) is 5.91 Å². The number of carbonyl (C=O) groups is 1. The van der Waals surface area contributed by atoms with Crippen LogP contribution in [0.5, 0.6) is 0 Å². The van der Waals surface area contributed by atoms with Crippen LogP contribution in [0.1, 0.15) is 29.5 Å². The Morgan fingerprint density at radius 2 is 1.79 bits per heavy atom. The van der Waals surface area contributed by atoms with Crippen molar-refractivity contribution in [3.05, 3.63) is 34.9 Å². The quantitative estimate of drug-likeness (QED) is 0.900. The molecule has 0 saturated carbocycles. The highest BCUT2D eigenvalue weighted by Crippen LogP contribution is 2.17. The van der Waals surface area contributed by atoms with E-state index in [2.05, 4.69) is 32.0 Å². The highest BCUT2D eigenvalue weighted by atomic mass is 16.2. The fourth-order valence-electron chi connectivity index (χ4n) is 2.94. The van der Waals surface area contributed by atoms with E-state index >= 15 is 0 Å². The van der Waals surface area contributed by atoms with E-state index in [-0.39, 0.29) is 11.8 Å². The second-order valence-electron chi connectivity index (χ2n) is 5.67. The van der Waals surface area contributed by atoms with E-state index in [0.29, 0.717) is 6.54 Å². The summed E-state index contributed by atoms with van der Waals surface area (Å²) >= 11 is 0. The maximum atomic E-state index is 12.4. The fourth-order valence-corrected chi connectivity index (χ4v) is 2.94. The molecule has 3 nitrogen and oxygen atoms in total. The van der Waals surface area contributed by atoms with Crippen molar-refractivity contribution in [2.24, 2.45) is 11.7 Å².